The Bertz CT molecular complexity index is 329. The van der Waals surface area contributed by atoms with Crippen molar-refractivity contribution in [3.05, 3.63) is 17.0 Å². The van der Waals surface area contributed by atoms with Gasteiger partial charge in [0.2, 0.25) is 0 Å². The average Bonchev–Trinajstić information content (AvgIpc) is 2.56. The van der Waals surface area contributed by atoms with E-state index in [4.69, 9.17) is 10.3 Å². The molecule has 1 atom stereocenters. The van der Waals surface area contributed by atoms with E-state index in [1.807, 2.05) is 13.8 Å². The summed E-state index contributed by atoms with van der Waals surface area (Å²) >= 11 is 0. The molecule has 2 heterocycles. The fourth-order valence-corrected chi connectivity index (χ4v) is 2.42. The Labute approximate surface area is 96.8 Å². The number of rotatable bonds is 3. The summed E-state index contributed by atoms with van der Waals surface area (Å²) in [6.45, 7) is 7.27. The molecule has 0 saturated carbocycles. The van der Waals surface area contributed by atoms with Crippen LogP contribution >= 0.6 is 0 Å². The zero-order chi connectivity index (χ0) is 11.5. The number of likely N-dealkylation sites (tertiary alicyclic amines) is 1. The molecule has 90 valence electrons. The molecule has 2 N–H and O–H groups in total. The van der Waals surface area contributed by atoms with Gasteiger partial charge in [-0.05, 0) is 39.7 Å². The van der Waals surface area contributed by atoms with Crippen molar-refractivity contribution in [2.75, 3.05) is 19.6 Å². The average molecular weight is 223 g/mol. The van der Waals surface area contributed by atoms with Gasteiger partial charge < -0.3 is 15.2 Å². The zero-order valence-corrected chi connectivity index (χ0v) is 10.2. The highest BCUT2D eigenvalue weighted by Gasteiger charge is 2.17. The Balaban J connectivity index is 1.87. The van der Waals surface area contributed by atoms with Crippen molar-refractivity contribution in [2.24, 2.45) is 5.73 Å². The van der Waals surface area contributed by atoms with Crippen LogP contribution in [0.15, 0.2) is 4.52 Å². The molecule has 0 aliphatic carbocycles. The molecule has 1 aromatic rings. The quantitative estimate of drug-likeness (QED) is 0.838. The van der Waals surface area contributed by atoms with E-state index in [1.165, 1.54) is 24.9 Å². The Morgan fingerprint density at radius 3 is 2.94 bits per heavy atom. The largest absolute Gasteiger partial charge is 0.361 e. The zero-order valence-electron chi connectivity index (χ0n) is 10.2. The van der Waals surface area contributed by atoms with E-state index in [0.29, 0.717) is 6.04 Å². The molecule has 0 amide bonds. The van der Waals surface area contributed by atoms with Crippen LogP contribution in [-0.4, -0.2) is 35.7 Å². The van der Waals surface area contributed by atoms with Crippen molar-refractivity contribution in [3.63, 3.8) is 0 Å². The van der Waals surface area contributed by atoms with Crippen LogP contribution in [0.4, 0.5) is 0 Å². The fraction of sp³-hybridized carbons (Fsp3) is 0.750. The standard InChI is InChI=1S/C12H21N3O/c1-9-12(10(2)16-14-9)5-7-15-6-3-4-11(13)8-15/h11H,3-8,13H2,1-2H3/t11-/m0/s1. The molecule has 1 aliphatic heterocycles. The molecule has 4 nitrogen and oxygen atoms in total. The third-order valence-electron chi connectivity index (χ3n) is 3.40. The van der Waals surface area contributed by atoms with Gasteiger partial charge in [-0.25, -0.2) is 0 Å². The first-order valence-corrected chi connectivity index (χ1v) is 6.06. The van der Waals surface area contributed by atoms with Gasteiger partial charge in [0, 0.05) is 24.7 Å². The van der Waals surface area contributed by atoms with E-state index in [1.54, 1.807) is 0 Å². The smallest absolute Gasteiger partial charge is 0.137 e. The number of hydrogen-bond donors (Lipinski definition) is 1. The van der Waals surface area contributed by atoms with E-state index < -0.39 is 0 Å². The number of aromatic nitrogens is 1. The number of nitrogens with two attached hydrogens (primary N) is 1. The van der Waals surface area contributed by atoms with Crippen LogP contribution in [-0.2, 0) is 6.42 Å². The highest BCUT2D eigenvalue weighted by Crippen LogP contribution is 2.15. The molecular weight excluding hydrogens is 202 g/mol. The maximum Gasteiger partial charge on any atom is 0.137 e. The van der Waals surface area contributed by atoms with Crippen LogP contribution in [0.1, 0.15) is 29.9 Å². The number of hydrogen-bond acceptors (Lipinski definition) is 4. The lowest BCUT2D eigenvalue weighted by Crippen LogP contribution is -2.43. The summed E-state index contributed by atoms with van der Waals surface area (Å²) in [5.41, 5.74) is 8.25. The fourth-order valence-electron chi connectivity index (χ4n) is 2.42. The van der Waals surface area contributed by atoms with E-state index in [0.717, 1.165) is 31.0 Å². The molecule has 0 radical (unpaired) electrons. The third-order valence-corrected chi connectivity index (χ3v) is 3.40. The van der Waals surface area contributed by atoms with Crippen LogP contribution < -0.4 is 5.73 Å². The second-order valence-corrected chi connectivity index (χ2v) is 4.76. The first kappa shape index (κ1) is 11.6. The Kier molecular flexibility index (Phi) is 3.61. The molecule has 16 heavy (non-hydrogen) atoms. The molecule has 0 unspecified atom stereocenters. The van der Waals surface area contributed by atoms with Crippen LogP contribution in [0.3, 0.4) is 0 Å². The van der Waals surface area contributed by atoms with E-state index in [9.17, 15) is 0 Å². The number of aryl methyl sites for hydroxylation is 2. The van der Waals surface area contributed by atoms with Gasteiger partial charge in [-0.3, -0.25) is 0 Å². The van der Waals surface area contributed by atoms with Crippen molar-refractivity contribution in [3.8, 4) is 0 Å². The predicted octanol–water partition coefficient (Wildman–Crippen LogP) is 1.26. The van der Waals surface area contributed by atoms with Crippen LogP contribution in [0.2, 0.25) is 0 Å². The molecule has 1 aromatic heterocycles. The lowest BCUT2D eigenvalue weighted by atomic mass is 10.1. The minimum atomic E-state index is 0.360. The van der Waals surface area contributed by atoms with Crippen LogP contribution in [0.25, 0.3) is 0 Å². The van der Waals surface area contributed by atoms with Crippen molar-refractivity contribution in [2.45, 2.75) is 39.2 Å². The topological polar surface area (TPSA) is 55.3 Å². The highest BCUT2D eigenvalue weighted by molar-refractivity contribution is 5.20. The molecular formula is C12H21N3O. The van der Waals surface area contributed by atoms with Crippen molar-refractivity contribution in [1.82, 2.24) is 10.1 Å². The predicted molar refractivity (Wildman–Crippen MR) is 63.3 cm³/mol. The van der Waals surface area contributed by atoms with Crippen LogP contribution in [0, 0.1) is 13.8 Å². The van der Waals surface area contributed by atoms with E-state index in [2.05, 4.69) is 10.1 Å². The summed E-state index contributed by atoms with van der Waals surface area (Å²) in [6, 6.07) is 0.360. The van der Waals surface area contributed by atoms with Gasteiger partial charge in [-0.2, -0.15) is 0 Å². The number of piperidine rings is 1. The molecule has 1 saturated heterocycles. The maximum atomic E-state index is 5.96. The van der Waals surface area contributed by atoms with Gasteiger partial charge in [0.15, 0.2) is 0 Å². The van der Waals surface area contributed by atoms with Crippen LogP contribution in [0.5, 0.6) is 0 Å². The molecule has 1 fully saturated rings. The summed E-state index contributed by atoms with van der Waals surface area (Å²) in [7, 11) is 0. The molecule has 0 aromatic carbocycles. The highest BCUT2D eigenvalue weighted by atomic mass is 16.5. The lowest BCUT2D eigenvalue weighted by Gasteiger charge is -2.30. The Morgan fingerprint density at radius 1 is 1.50 bits per heavy atom. The SMILES string of the molecule is Cc1noc(C)c1CCN1CCC[C@H](N)C1. The van der Waals surface area contributed by atoms with E-state index in [-0.39, 0.29) is 0 Å². The first-order valence-electron chi connectivity index (χ1n) is 6.06. The third kappa shape index (κ3) is 2.62. The van der Waals surface area contributed by atoms with Gasteiger partial charge in [0.05, 0.1) is 5.69 Å². The van der Waals surface area contributed by atoms with Gasteiger partial charge in [-0.1, -0.05) is 5.16 Å². The monoisotopic (exact) mass is 223 g/mol. The molecule has 1 aliphatic rings. The summed E-state index contributed by atoms with van der Waals surface area (Å²) in [5, 5.41) is 3.98. The number of nitrogens with zero attached hydrogens (tertiary/aromatic N) is 2. The maximum absolute atomic E-state index is 5.96. The first-order chi connectivity index (χ1) is 7.66. The molecule has 0 spiro atoms. The molecule has 2 rings (SSSR count). The van der Waals surface area contributed by atoms with Crippen molar-refractivity contribution >= 4 is 0 Å². The summed E-state index contributed by atoms with van der Waals surface area (Å²) < 4.78 is 5.16. The molecule has 4 heteroatoms. The second-order valence-electron chi connectivity index (χ2n) is 4.76. The normalized spacial score (nSPS) is 22.6. The van der Waals surface area contributed by atoms with Gasteiger partial charge in [0.25, 0.3) is 0 Å². The summed E-state index contributed by atoms with van der Waals surface area (Å²) in [4.78, 5) is 2.44. The van der Waals surface area contributed by atoms with Gasteiger partial charge in [0.1, 0.15) is 5.76 Å². The van der Waals surface area contributed by atoms with Crippen molar-refractivity contribution < 1.29 is 4.52 Å². The second kappa shape index (κ2) is 4.97. The summed E-state index contributed by atoms with van der Waals surface area (Å²) in [6.07, 6.45) is 3.42. The Morgan fingerprint density at radius 2 is 2.31 bits per heavy atom. The summed E-state index contributed by atoms with van der Waals surface area (Å²) in [5.74, 6) is 0.957. The molecule has 0 bridgehead atoms. The van der Waals surface area contributed by atoms with E-state index >= 15 is 0 Å². The minimum Gasteiger partial charge on any atom is -0.361 e. The van der Waals surface area contributed by atoms with Crippen molar-refractivity contribution in [1.29, 1.82) is 0 Å². The van der Waals surface area contributed by atoms with Gasteiger partial charge in [-0.15, -0.1) is 0 Å². The lowest BCUT2D eigenvalue weighted by molar-refractivity contribution is 0.211. The Hall–Kier alpha value is -0.870. The minimum absolute atomic E-state index is 0.360. The van der Waals surface area contributed by atoms with Gasteiger partial charge >= 0.3 is 0 Å².